The van der Waals surface area contributed by atoms with Gasteiger partial charge in [0.15, 0.2) is 0 Å². The van der Waals surface area contributed by atoms with Crippen molar-refractivity contribution in [2.24, 2.45) is 0 Å². The third-order valence-corrected chi connectivity index (χ3v) is 5.45. The number of nitrogens with zero attached hydrogens (tertiary/aromatic N) is 4. The molecule has 2 N–H and O–H groups in total. The van der Waals surface area contributed by atoms with Gasteiger partial charge in [0.2, 0.25) is 11.9 Å². The molecule has 0 radical (unpaired) electrons. The summed E-state index contributed by atoms with van der Waals surface area (Å²) < 4.78 is 13.8. The Kier molecular flexibility index (Phi) is 6.41. The SMILES string of the molecule is Cc1nc(N)ncc1C(=O)N1CCCC(N(C)C(=O)Cc2ccccc2F)CC1. The molecule has 1 saturated heterocycles. The third kappa shape index (κ3) is 4.88. The van der Waals surface area contributed by atoms with Crippen LogP contribution < -0.4 is 5.73 Å². The highest BCUT2D eigenvalue weighted by atomic mass is 19.1. The lowest BCUT2D eigenvalue weighted by Crippen LogP contribution is -2.39. The van der Waals surface area contributed by atoms with E-state index in [0.29, 0.717) is 36.3 Å². The van der Waals surface area contributed by atoms with Gasteiger partial charge in [-0.1, -0.05) is 18.2 Å². The van der Waals surface area contributed by atoms with Crippen LogP contribution in [0.2, 0.25) is 0 Å². The maximum atomic E-state index is 13.8. The Morgan fingerprint density at radius 3 is 2.76 bits per heavy atom. The molecule has 1 aromatic heterocycles. The summed E-state index contributed by atoms with van der Waals surface area (Å²) in [6.45, 7) is 2.88. The largest absolute Gasteiger partial charge is 0.368 e. The van der Waals surface area contributed by atoms with Crippen LogP contribution >= 0.6 is 0 Å². The van der Waals surface area contributed by atoms with Crippen molar-refractivity contribution in [3.05, 3.63) is 53.1 Å². The van der Waals surface area contributed by atoms with Gasteiger partial charge in [0, 0.05) is 32.4 Å². The van der Waals surface area contributed by atoms with Gasteiger partial charge in [-0.05, 0) is 37.8 Å². The number of benzene rings is 1. The van der Waals surface area contributed by atoms with Crippen LogP contribution in [0.1, 0.15) is 40.9 Å². The minimum Gasteiger partial charge on any atom is -0.368 e. The fourth-order valence-corrected chi connectivity index (χ4v) is 3.67. The van der Waals surface area contributed by atoms with E-state index in [4.69, 9.17) is 5.73 Å². The number of hydrogen-bond donors (Lipinski definition) is 1. The van der Waals surface area contributed by atoms with E-state index < -0.39 is 0 Å². The molecule has 0 aliphatic carbocycles. The van der Waals surface area contributed by atoms with E-state index >= 15 is 0 Å². The summed E-state index contributed by atoms with van der Waals surface area (Å²) in [6.07, 6.45) is 3.74. The monoisotopic (exact) mass is 399 g/mol. The highest BCUT2D eigenvalue weighted by Crippen LogP contribution is 2.20. The van der Waals surface area contributed by atoms with Crippen molar-refractivity contribution < 1.29 is 14.0 Å². The van der Waals surface area contributed by atoms with Crippen LogP contribution in [-0.4, -0.2) is 57.8 Å². The summed E-state index contributed by atoms with van der Waals surface area (Å²) in [6, 6.07) is 6.34. The number of anilines is 1. The second kappa shape index (κ2) is 8.98. The lowest BCUT2D eigenvalue weighted by Gasteiger charge is -2.27. The topological polar surface area (TPSA) is 92.4 Å². The number of likely N-dealkylation sites (tertiary alicyclic amines) is 1. The van der Waals surface area contributed by atoms with Crippen molar-refractivity contribution >= 4 is 17.8 Å². The van der Waals surface area contributed by atoms with Crippen molar-refractivity contribution in [3.63, 3.8) is 0 Å². The lowest BCUT2D eigenvalue weighted by molar-refractivity contribution is -0.131. The van der Waals surface area contributed by atoms with E-state index in [2.05, 4.69) is 9.97 Å². The summed E-state index contributed by atoms with van der Waals surface area (Å²) in [5.74, 6) is -0.468. The fourth-order valence-electron chi connectivity index (χ4n) is 3.67. The van der Waals surface area contributed by atoms with Gasteiger partial charge in [-0.2, -0.15) is 0 Å². The minimum atomic E-state index is -0.368. The summed E-state index contributed by atoms with van der Waals surface area (Å²) >= 11 is 0. The van der Waals surface area contributed by atoms with E-state index in [9.17, 15) is 14.0 Å². The summed E-state index contributed by atoms with van der Waals surface area (Å²) in [5.41, 5.74) is 6.97. The number of aryl methyl sites for hydroxylation is 1. The molecule has 1 fully saturated rings. The van der Waals surface area contributed by atoms with Gasteiger partial charge in [-0.3, -0.25) is 9.59 Å². The molecule has 7 nitrogen and oxygen atoms in total. The van der Waals surface area contributed by atoms with Crippen LogP contribution in [0.25, 0.3) is 0 Å². The number of likely N-dealkylation sites (N-methyl/N-ethyl adjacent to an activating group) is 1. The average molecular weight is 399 g/mol. The molecule has 0 bridgehead atoms. The van der Waals surface area contributed by atoms with Crippen molar-refractivity contribution in [2.75, 3.05) is 25.9 Å². The molecule has 29 heavy (non-hydrogen) atoms. The molecule has 8 heteroatoms. The molecule has 2 heterocycles. The summed E-state index contributed by atoms with van der Waals surface area (Å²) in [7, 11) is 1.75. The number of halogens is 1. The molecule has 2 amide bonds. The Balaban J connectivity index is 1.62. The first kappa shape index (κ1) is 20.7. The van der Waals surface area contributed by atoms with E-state index in [1.54, 1.807) is 42.0 Å². The van der Waals surface area contributed by atoms with Crippen LogP contribution in [0, 0.1) is 12.7 Å². The number of aromatic nitrogens is 2. The summed E-state index contributed by atoms with van der Waals surface area (Å²) in [5, 5.41) is 0. The number of nitrogens with two attached hydrogens (primary N) is 1. The molecule has 2 aromatic rings. The number of carbonyl (C=O) groups excluding carboxylic acids is 2. The summed E-state index contributed by atoms with van der Waals surface area (Å²) in [4.78, 5) is 37.0. The van der Waals surface area contributed by atoms with Crippen molar-refractivity contribution in [3.8, 4) is 0 Å². The van der Waals surface area contributed by atoms with Gasteiger partial charge in [0.05, 0.1) is 17.7 Å². The second-order valence-electron chi connectivity index (χ2n) is 7.38. The number of hydrogen-bond acceptors (Lipinski definition) is 5. The molecule has 0 saturated carbocycles. The number of carbonyl (C=O) groups is 2. The van der Waals surface area contributed by atoms with Crippen LogP contribution in [0.5, 0.6) is 0 Å². The van der Waals surface area contributed by atoms with Gasteiger partial charge in [0.25, 0.3) is 5.91 Å². The van der Waals surface area contributed by atoms with E-state index in [0.717, 1.165) is 12.8 Å². The molecule has 154 valence electrons. The van der Waals surface area contributed by atoms with Crippen LogP contribution in [0.15, 0.2) is 30.5 Å². The zero-order chi connectivity index (χ0) is 21.0. The molecule has 1 atom stereocenters. The maximum absolute atomic E-state index is 13.8. The third-order valence-electron chi connectivity index (χ3n) is 5.45. The minimum absolute atomic E-state index is 0.0100. The van der Waals surface area contributed by atoms with Crippen molar-refractivity contribution in [1.29, 1.82) is 0 Å². The molecule has 1 unspecified atom stereocenters. The Bertz CT molecular complexity index is 904. The molecule has 0 spiro atoms. The Morgan fingerprint density at radius 1 is 1.28 bits per heavy atom. The molecular formula is C21H26FN5O2. The molecule has 1 aliphatic heterocycles. The predicted octanol–water partition coefficient (Wildman–Crippen LogP) is 2.20. The molecular weight excluding hydrogens is 373 g/mol. The smallest absolute Gasteiger partial charge is 0.257 e. The van der Waals surface area contributed by atoms with Gasteiger partial charge in [0.1, 0.15) is 5.82 Å². The standard InChI is InChI=1S/C21H26FN5O2/c1-14-17(13-24-21(23)25-14)20(29)27-10-5-7-16(9-11-27)26(2)19(28)12-15-6-3-4-8-18(15)22/h3-4,6,8,13,16H,5,7,9-12H2,1-2H3,(H2,23,24,25). The van der Waals surface area contributed by atoms with Gasteiger partial charge in [-0.25, -0.2) is 14.4 Å². The average Bonchev–Trinajstić information content (AvgIpc) is 2.95. The van der Waals surface area contributed by atoms with Gasteiger partial charge < -0.3 is 15.5 Å². The van der Waals surface area contributed by atoms with Crippen LogP contribution in [-0.2, 0) is 11.2 Å². The first-order valence-corrected chi connectivity index (χ1v) is 9.74. The van der Waals surface area contributed by atoms with E-state index in [1.165, 1.54) is 12.3 Å². The quantitative estimate of drug-likeness (QED) is 0.851. The number of nitrogen functional groups attached to an aromatic ring is 1. The van der Waals surface area contributed by atoms with Crippen molar-refractivity contribution in [1.82, 2.24) is 19.8 Å². The van der Waals surface area contributed by atoms with Crippen molar-refractivity contribution in [2.45, 2.75) is 38.6 Å². The Morgan fingerprint density at radius 2 is 2.03 bits per heavy atom. The highest BCUT2D eigenvalue weighted by Gasteiger charge is 2.27. The predicted molar refractivity (Wildman–Crippen MR) is 108 cm³/mol. The van der Waals surface area contributed by atoms with E-state index in [1.807, 2.05) is 0 Å². The maximum Gasteiger partial charge on any atom is 0.257 e. The van der Waals surface area contributed by atoms with E-state index in [-0.39, 0.29) is 36.0 Å². The molecule has 3 rings (SSSR count). The van der Waals surface area contributed by atoms with Gasteiger partial charge in [-0.15, -0.1) is 0 Å². The second-order valence-corrected chi connectivity index (χ2v) is 7.38. The van der Waals surface area contributed by atoms with Gasteiger partial charge >= 0.3 is 0 Å². The lowest BCUT2D eigenvalue weighted by atomic mass is 10.1. The zero-order valence-electron chi connectivity index (χ0n) is 16.8. The zero-order valence-corrected chi connectivity index (χ0v) is 16.8. The van der Waals surface area contributed by atoms with Crippen LogP contribution in [0.4, 0.5) is 10.3 Å². The molecule has 1 aromatic carbocycles. The highest BCUT2D eigenvalue weighted by molar-refractivity contribution is 5.95. The Labute approximate surface area is 169 Å². The van der Waals surface area contributed by atoms with Crippen LogP contribution in [0.3, 0.4) is 0 Å². The molecule has 1 aliphatic rings. The number of amides is 2. The fraction of sp³-hybridized carbons (Fsp3) is 0.429. The Hall–Kier alpha value is -3.03. The first-order chi connectivity index (χ1) is 13.9. The number of rotatable bonds is 4. The first-order valence-electron chi connectivity index (χ1n) is 9.74. The normalized spacial score (nSPS) is 16.9.